The Morgan fingerprint density at radius 3 is 2.67 bits per heavy atom. The second-order valence-electron chi connectivity index (χ2n) is 2.48. The third kappa shape index (κ3) is 7.70. The Labute approximate surface area is 57.9 Å². The quantitative estimate of drug-likeness (QED) is 0.454. The zero-order valence-corrected chi connectivity index (χ0v) is 6.43. The van der Waals surface area contributed by atoms with Crippen LogP contribution in [0.1, 0.15) is 33.1 Å². The fourth-order valence-corrected chi connectivity index (χ4v) is 0.724. The molecule has 1 nitrogen and oxygen atoms in total. The lowest BCUT2D eigenvalue weighted by atomic mass is 10.1. The summed E-state index contributed by atoms with van der Waals surface area (Å²) in [5.41, 5.74) is 5.55. The van der Waals surface area contributed by atoms with Crippen molar-refractivity contribution in [3.63, 3.8) is 0 Å². The molecule has 0 amide bonds. The largest absolute Gasteiger partial charge is 0.328 e. The number of allylic oxidation sites excluding steroid dienone is 2. The Hall–Kier alpha value is -0.300. The minimum atomic E-state index is 0.371. The maximum atomic E-state index is 5.55. The summed E-state index contributed by atoms with van der Waals surface area (Å²) in [6.07, 6.45) is 7.81. The van der Waals surface area contributed by atoms with Gasteiger partial charge in [0.25, 0.3) is 0 Å². The van der Waals surface area contributed by atoms with Gasteiger partial charge >= 0.3 is 0 Å². The fourth-order valence-electron chi connectivity index (χ4n) is 0.724. The van der Waals surface area contributed by atoms with Crippen LogP contribution < -0.4 is 5.73 Å². The predicted octanol–water partition coefficient (Wildman–Crippen LogP) is 2.08. The summed E-state index contributed by atoms with van der Waals surface area (Å²) < 4.78 is 0. The molecule has 1 atom stereocenters. The van der Waals surface area contributed by atoms with Crippen LogP contribution in [-0.4, -0.2) is 6.04 Å². The highest BCUT2D eigenvalue weighted by Gasteiger charge is 1.90. The number of unbranched alkanes of at least 4 members (excludes halogenated alkanes) is 1. The highest BCUT2D eigenvalue weighted by molar-refractivity contribution is 4.76. The number of nitrogens with two attached hydrogens (primary N) is 1. The molecule has 0 aliphatic rings. The first-order valence-electron chi connectivity index (χ1n) is 3.64. The van der Waals surface area contributed by atoms with E-state index in [-0.39, 0.29) is 0 Å². The molecule has 9 heavy (non-hydrogen) atoms. The molecule has 0 saturated carbocycles. The van der Waals surface area contributed by atoms with Crippen molar-refractivity contribution in [1.29, 1.82) is 0 Å². The lowest BCUT2D eigenvalue weighted by molar-refractivity contribution is 0.630. The molecule has 0 spiro atoms. The van der Waals surface area contributed by atoms with Crippen LogP contribution in [0.3, 0.4) is 0 Å². The maximum absolute atomic E-state index is 5.55. The van der Waals surface area contributed by atoms with Gasteiger partial charge < -0.3 is 5.73 Å². The van der Waals surface area contributed by atoms with Crippen molar-refractivity contribution in [3.8, 4) is 0 Å². The van der Waals surface area contributed by atoms with Gasteiger partial charge in [0, 0.05) is 6.04 Å². The molecule has 0 bridgehead atoms. The van der Waals surface area contributed by atoms with Crippen LogP contribution in [0.5, 0.6) is 0 Å². The molecule has 0 heterocycles. The molecule has 0 aromatic heterocycles. The van der Waals surface area contributed by atoms with E-state index >= 15 is 0 Å². The fraction of sp³-hybridized carbons (Fsp3) is 0.750. The number of rotatable bonds is 4. The van der Waals surface area contributed by atoms with Crippen LogP contribution in [0, 0.1) is 0 Å². The molecule has 2 N–H and O–H groups in total. The van der Waals surface area contributed by atoms with Crippen LogP contribution in [0.25, 0.3) is 0 Å². The maximum Gasteiger partial charge on any atom is 0.00105 e. The lowest BCUT2D eigenvalue weighted by Crippen LogP contribution is -2.13. The summed E-state index contributed by atoms with van der Waals surface area (Å²) in [5.74, 6) is 0. The van der Waals surface area contributed by atoms with E-state index in [0.29, 0.717) is 6.04 Å². The highest BCUT2D eigenvalue weighted by Crippen LogP contribution is 1.98. The molecule has 1 heteroatoms. The van der Waals surface area contributed by atoms with Gasteiger partial charge in [0.1, 0.15) is 0 Å². The third-order valence-electron chi connectivity index (χ3n) is 1.27. The summed E-state index contributed by atoms with van der Waals surface area (Å²) in [4.78, 5) is 0. The van der Waals surface area contributed by atoms with Crippen molar-refractivity contribution in [2.45, 2.75) is 39.2 Å². The minimum absolute atomic E-state index is 0.371. The SMILES string of the molecule is CC=CCCCC(C)N. The van der Waals surface area contributed by atoms with E-state index in [4.69, 9.17) is 5.73 Å². The average Bonchev–Trinajstić information content (AvgIpc) is 1.80. The highest BCUT2D eigenvalue weighted by atomic mass is 14.6. The molecular formula is C8H17N. The molecule has 0 fully saturated rings. The van der Waals surface area contributed by atoms with Crippen molar-refractivity contribution in [2.24, 2.45) is 5.73 Å². The summed E-state index contributed by atoms with van der Waals surface area (Å²) in [7, 11) is 0. The van der Waals surface area contributed by atoms with E-state index in [1.54, 1.807) is 0 Å². The van der Waals surface area contributed by atoms with Gasteiger partial charge in [0.05, 0.1) is 0 Å². The summed E-state index contributed by atoms with van der Waals surface area (Å²) in [6.45, 7) is 4.10. The molecule has 0 saturated heterocycles. The van der Waals surface area contributed by atoms with Gasteiger partial charge in [-0.3, -0.25) is 0 Å². The van der Waals surface area contributed by atoms with Gasteiger partial charge in [-0.25, -0.2) is 0 Å². The Morgan fingerprint density at radius 2 is 2.22 bits per heavy atom. The Morgan fingerprint density at radius 1 is 1.56 bits per heavy atom. The van der Waals surface area contributed by atoms with Crippen LogP contribution in [0.4, 0.5) is 0 Å². The summed E-state index contributed by atoms with van der Waals surface area (Å²) >= 11 is 0. The van der Waals surface area contributed by atoms with Crippen LogP contribution in [0.15, 0.2) is 12.2 Å². The molecule has 0 aromatic carbocycles. The van der Waals surface area contributed by atoms with Crippen molar-refractivity contribution < 1.29 is 0 Å². The molecule has 0 aliphatic heterocycles. The lowest BCUT2D eigenvalue weighted by Gasteiger charge is -2.00. The molecule has 0 aliphatic carbocycles. The van der Waals surface area contributed by atoms with Crippen molar-refractivity contribution in [2.75, 3.05) is 0 Å². The summed E-state index contributed by atoms with van der Waals surface area (Å²) in [5, 5.41) is 0. The number of hydrogen-bond donors (Lipinski definition) is 1. The second kappa shape index (κ2) is 5.83. The first-order valence-corrected chi connectivity index (χ1v) is 3.64. The van der Waals surface area contributed by atoms with Gasteiger partial charge in [0.2, 0.25) is 0 Å². The van der Waals surface area contributed by atoms with Gasteiger partial charge in [-0.1, -0.05) is 12.2 Å². The molecule has 0 rings (SSSR count). The van der Waals surface area contributed by atoms with Crippen molar-refractivity contribution in [1.82, 2.24) is 0 Å². The van der Waals surface area contributed by atoms with Crippen molar-refractivity contribution in [3.05, 3.63) is 12.2 Å². The molecule has 1 unspecified atom stereocenters. The van der Waals surface area contributed by atoms with Crippen LogP contribution >= 0.6 is 0 Å². The molecule has 0 aromatic rings. The normalized spacial score (nSPS) is 14.6. The number of hydrogen-bond acceptors (Lipinski definition) is 1. The second-order valence-corrected chi connectivity index (χ2v) is 2.48. The standard InChI is InChI=1S/C8H17N/c1-3-4-5-6-7-8(2)9/h3-4,8H,5-7,9H2,1-2H3. The zero-order valence-electron chi connectivity index (χ0n) is 6.43. The zero-order chi connectivity index (χ0) is 7.11. The Balaban J connectivity index is 2.91. The van der Waals surface area contributed by atoms with Crippen LogP contribution in [-0.2, 0) is 0 Å². The van der Waals surface area contributed by atoms with Gasteiger partial charge in [-0.05, 0) is 33.1 Å². The predicted molar refractivity (Wildman–Crippen MR) is 42.3 cm³/mol. The topological polar surface area (TPSA) is 26.0 Å². The monoisotopic (exact) mass is 127 g/mol. The third-order valence-corrected chi connectivity index (χ3v) is 1.27. The molecular weight excluding hydrogens is 110 g/mol. The van der Waals surface area contributed by atoms with E-state index in [9.17, 15) is 0 Å². The first-order chi connectivity index (χ1) is 4.27. The van der Waals surface area contributed by atoms with Gasteiger partial charge in [0.15, 0.2) is 0 Å². The smallest absolute Gasteiger partial charge is 0.00105 e. The average molecular weight is 127 g/mol. The van der Waals surface area contributed by atoms with Gasteiger partial charge in [-0.2, -0.15) is 0 Å². The summed E-state index contributed by atoms with van der Waals surface area (Å²) in [6, 6.07) is 0.371. The van der Waals surface area contributed by atoms with E-state index in [0.717, 1.165) is 6.42 Å². The Kier molecular flexibility index (Phi) is 5.64. The minimum Gasteiger partial charge on any atom is -0.328 e. The van der Waals surface area contributed by atoms with E-state index in [1.807, 2.05) is 6.92 Å². The van der Waals surface area contributed by atoms with Gasteiger partial charge in [-0.15, -0.1) is 0 Å². The van der Waals surface area contributed by atoms with E-state index in [2.05, 4.69) is 19.1 Å². The molecule has 54 valence electrons. The Bertz CT molecular complexity index is 74.6. The van der Waals surface area contributed by atoms with Crippen LogP contribution in [0.2, 0.25) is 0 Å². The first kappa shape index (κ1) is 8.70. The molecule has 0 radical (unpaired) electrons. The van der Waals surface area contributed by atoms with E-state index in [1.165, 1.54) is 12.8 Å². The van der Waals surface area contributed by atoms with Crippen molar-refractivity contribution >= 4 is 0 Å². The van der Waals surface area contributed by atoms with E-state index < -0.39 is 0 Å².